The third kappa shape index (κ3) is 3.88. The smallest absolute Gasteiger partial charge is 0.241 e. The molecule has 0 bridgehead atoms. The molecular weight excluding hydrogens is 226 g/mol. The molecule has 0 saturated carbocycles. The van der Waals surface area contributed by atoms with Crippen LogP contribution in [0.1, 0.15) is 5.01 Å². The number of carbonyl (C=O) groups is 1. The Bertz CT molecular complexity index is 316. The molecule has 1 amide bonds. The van der Waals surface area contributed by atoms with E-state index in [-0.39, 0.29) is 12.5 Å². The number of ether oxygens (including phenoxy) is 1. The molecule has 1 heterocycles. The summed E-state index contributed by atoms with van der Waals surface area (Å²) in [6, 6.07) is -0.578. The first-order valence-corrected chi connectivity index (χ1v) is 5.91. The second-order valence-electron chi connectivity index (χ2n) is 3.50. The highest BCUT2D eigenvalue weighted by atomic mass is 32.1. The summed E-state index contributed by atoms with van der Waals surface area (Å²) in [5.74, 6) is -0.0987. The van der Waals surface area contributed by atoms with Gasteiger partial charge in [-0.3, -0.25) is 4.79 Å². The second kappa shape index (κ2) is 6.57. The predicted molar refractivity (Wildman–Crippen MR) is 63.3 cm³/mol. The summed E-state index contributed by atoms with van der Waals surface area (Å²) < 4.78 is 4.84. The molecule has 90 valence electrons. The van der Waals surface area contributed by atoms with Gasteiger partial charge in [0.15, 0.2) is 0 Å². The minimum Gasteiger partial charge on any atom is -0.383 e. The number of nitrogens with two attached hydrogens (primary N) is 1. The van der Waals surface area contributed by atoms with Crippen LogP contribution in [-0.2, 0) is 16.0 Å². The minimum atomic E-state index is -0.578. The van der Waals surface area contributed by atoms with E-state index in [4.69, 9.17) is 10.5 Å². The lowest BCUT2D eigenvalue weighted by Crippen LogP contribution is -2.45. The van der Waals surface area contributed by atoms with Crippen molar-refractivity contribution in [1.82, 2.24) is 9.88 Å². The van der Waals surface area contributed by atoms with Gasteiger partial charge < -0.3 is 15.4 Å². The van der Waals surface area contributed by atoms with Crippen LogP contribution in [-0.4, -0.2) is 49.1 Å². The summed E-state index contributed by atoms with van der Waals surface area (Å²) in [4.78, 5) is 17.5. The largest absolute Gasteiger partial charge is 0.383 e. The fourth-order valence-corrected chi connectivity index (χ4v) is 1.89. The molecule has 0 saturated heterocycles. The Morgan fingerprint density at radius 2 is 2.50 bits per heavy atom. The van der Waals surface area contributed by atoms with Gasteiger partial charge in [-0.05, 0) is 0 Å². The number of thiazole rings is 1. The van der Waals surface area contributed by atoms with Crippen molar-refractivity contribution in [2.75, 3.05) is 27.3 Å². The fraction of sp³-hybridized carbons (Fsp3) is 0.600. The molecule has 5 nitrogen and oxygen atoms in total. The van der Waals surface area contributed by atoms with E-state index in [9.17, 15) is 4.79 Å². The zero-order chi connectivity index (χ0) is 12.0. The highest BCUT2D eigenvalue weighted by molar-refractivity contribution is 7.09. The minimum absolute atomic E-state index is 0.0987. The summed E-state index contributed by atoms with van der Waals surface area (Å²) in [6.45, 7) is 0.879. The quantitative estimate of drug-likeness (QED) is 0.770. The Hall–Kier alpha value is -0.980. The normalized spacial score (nSPS) is 12.4. The molecule has 1 aromatic heterocycles. The second-order valence-corrected chi connectivity index (χ2v) is 4.48. The van der Waals surface area contributed by atoms with Crippen molar-refractivity contribution < 1.29 is 9.53 Å². The zero-order valence-electron chi connectivity index (χ0n) is 9.55. The molecule has 0 aliphatic carbocycles. The van der Waals surface area contributed by atoms with Crippen LogP contribution in [0.4, 0.5) is 0 Å². The SMILES string of the molecule is COCC(N)C(=O)N(C)CCc1nccs1. The Kier molecular flexibility index (Phi) is 5.37. The fourth-order valence-electron chi connectivity index (χ4n) is 1.28. The average molecular weight is 243 g/mol. The first-order valence-electron chi connectivity index (χ1n) is 5.03. The maximum atomic E-state index is 11.7. The molecule has 1 rings (SSSR count). The summed E-state index contributed by atoms with van der Waals surface area (Å²) in [5, 5.41) is 2.95. The van der Waals surface area contributed by atoms with Crippen molar-refractivity contribution in [2.24, 2.45) is 5.73 Å². The van der Waals surface area contributed by atoms with Crippen LogP contribution in [0.3, 0.4) is 0 Å². The highest BCUT2D eigenvalue weighted by Crippen LogP contribution is 2.05. The average Bonchev–Trinajstić information content (AvgIpc) is 2.78. The van der Waals surface area contributed by atoms with Gasteiger partial charge in [-0.15, -0.1) is 11.3 Å². The van der Waals surface area contributed by atoms with Crippen molar-refractivity contribution >= 4 is 17.2 Å². The van der Waals surface area contributed by atoms with E-state index in [1.54, 1.807) is 29.5 Å². The molecule has 1 atom stereocenters. The number of hydrogen-bond acceptors (Lipinski definition) is 5. The van der Waals surface area contributed by atoms with Gasteiger partial charge in [0.05, 0.1) is 11.6 Å². The number of aromatic nitrogens is 1. The lowest BCUT2D eigenvalue weighted by atomic mass is 10.3. The number of hydrogen-bond donors (Lipinski definition) is 1. The molecule has 2 N–H and O–H groups in total. The van der Waals surface area contributed by atoms with Crippen molar-refractivity contribution in [3.8, 4) is 0 Å². The lowest BCUT2D eigenvalue weighted by Gasteiger charge is -2.20. The number of rotatable bonds is 6. The molecule has 0 aliphatic rings. The molecule has 0 aromatic carbocycles. The number of likely N-dealkylation sites (N-methyl/N-ethyl adjacent to an activating group) is 1. The van der Waals surface area contributed by atoms with E-state index >= 15 is 0 Å². The summed E-state index contributed by atoms with van der Waals surface area (Å²) >= 11 is 1.59. The maximum Gasteiger partial charge on any atom is 0.241 e. The van der Waals surface area contributed by atoms with E-state index in [2.05, 4.69) is 4.98 Å². The van der Waals surface area contributed by atoms with Crippen molar-refractivity contribution in [3.63, 3.8) is 0 Å². The van der Waals surface area contributed by atoms with Gasteiger partial charge >= 0.3 is 0 Å². The van der Waals surface area contributed by atoms with Gasteiger partial charge in [0, 0.05) is 38.7 Å². The van der Waals surface area contributed by atoms with Gasteiger partial charge in [-0.1, -0.05) is 0 Å². The summed E-state index contributed by atoms with van der Waals surface area (Å²) in [5.41, 5.74) is 5.65. The van der Waals surface area contributed by atoms with Crippen LogP contribution in [0.25, 0.3) is 0 Å². The van der Waals surface area contributed by atoms with E-state index in [0.29, 0.717) is 6.54 Å². The third-order valence-electron chi connectivity index (χ3n) is 2.18. The van der Waals surface area contributed by atoms with E-state index in [1.165, 1.54) is 7.11 Å². The molecule has 0 spiro atoms. The third-order valence-corrected chi connectivity index (χ3v) is 3.02. The van der Waals surface area contributed by atoms with Crippen LogP contribution in [0.15, 0.2) is 11.6 Å². The number of nitrogens with zero attached hydrogens (tertiary/aromatic N) is 2. The van der Waals surface area contributed by atoms with E-state index in [1.807, 2.05) is 5.38 Å². The summed E-state index contributed by atoms with van der Waals surface area (Å²) in [7, 11) is 3.27. The van der Waals surface area contributed by atoms with Gasteiger partial charge in [-0.2, -0.15) is 0 Å². The predicted octanol–water partition coefficient (Wildman–Crippen LogP) is 0.118. The number of methoxy groups -OCH3 is 1. The van der Waals surface area contributed by atoms with Crippen LogP contribution in [0.5, 0.6) is 0 Å². The van der Waals surface area contributed by atoms with Crippen LogP contribution in [0.2, 0.25) is 0 Å². The highest BCUT2D eigenvalue weighted by Gasteiger charge is 2.17. The monoisotopic (exact) mass is 243 g/mol. The van der Waals surface area contributed by atoms with Gasteiger partial charge in [0.25, 0.3) is 0 Å². The molecule has 16 heavy (non-hydrogen) atoms. The number of amides is 1. The first-order chi connectivity index (χ1) is 7.65. The standard InChI is InChI=1S/C10H17N3O2S/c1-13(10(14)8(11)7-15-2)5-3-9-12-4-6-16-9/h4,6,8H,3,5,7,11H2,1-2H3. The van der Waals surface area contributed by atoms with Crippen LogP contribution >= 0.6 is 11.3 Å². The van der Waals surface area contributed by atoms with Gasteiger partial charge in [0.1, 0.15) is 6.04 Å². The van der Waals surface area contributed by atoms with E-state index in [0.717, 1.165) is 11.4 Å². The molecule has 6 heteroatoms. The van der Waals surface area contributed by atoms with Crippen molar-refractivity contribution in [3.05, 3.63) is 16.6 Å². The Morgan fingerprint density at radius 1 is 1.75 bits per heavy atom. The van der Waals surface area contributed by atoms with Gasteiger partial charge in [0.2, 0.25) is 5.91 Å². The summed E-state index contributed by atoms with van der Waals surface area (Å²) in [6.07, 6.45) is 2.53. The molecular formula is C10H17N3O2S. The Balaban J connectivity index is 2.34. The molecule has 0 aliphatic heterocycles. The number of carbonyl (C=O) groups excluding carboxylic acids is 1. The zero-order valence-corrected chi connectivity index (χ0v) is 10.4. The Morgan fingerprint density at radius 3 is 3.06 bits per heavy atom. The van der Waals surface area contributed by atoms with Crippen LogP contribution < -0.4 is 5.73 Å². The molecule has 1 aromatic rings. The van der Waals surface area contributed by atoms with Crippen molar-refractivity contribution in [1.29, 1.82) is 0 Å². The van der Waals surface area contributed by atoms with Crippen LogP contribution in [0, 0.1) is 0 Å². The molecule has 0 fully saturated rings. The Labute approximate surface area is 99.2 Å². The first kappa shape index (κ1) is 13.1. The molecule has 1 unspecified atom stereocenters. The maximum absolute atomic E-state index is 11.7. The lowest BCUT2D eigenvalue weighted by molar-refractivity contribution is -0.132. The van der Waals surface area contributed by atoms with Gasteiger partial charge in [-0.25, -0.2) is 4.98 Å². The van der Waals surface area contributed by atoms with Crippen molar-refractivity contribution in [2.45, 2.75) is 12.5 Å². The molecule has 0 radical (unpaired) electrons. The van der Waals surface area contributed by atoms with E-state index < -0.39 is 6.04 Å². The topological polar surface area (TPSA) is 68.5 Å².